The maximum atomic E-state index is 9.12. The molecule has 1 heterocycles. The normalized spacial score (nSPS) is 19.1. The number of hydrogen-bond acceptors (Lipinski definition) is 3. The molecule has 1 atom stereocenters. The van der Waals surface area contributed by atoms with Crippen LogP contribution in [-0.4, -0.2) is 10.2 Å². The Morgan fingerprint density at radius 1 is 1.43 bits per heavy atom. The number of nitrogens with zero attached hydrogens (tertiary/aromatic N) is 3. The maximum absolute atomic E-state index is 9.12. The van der Waals surface area contributed by atoms with Crippen LogP contribution >= 0.6 is 0 Å². The van der Waals surface area contributed by atoms with Crippen LogP contribution in [-0.2, 0) is 0 Å². The van der Waals surface area contributed by atoms with E-state index in [2.05, 4.69) is 16.3 Å². The third-order valence-corrected chi connectivity index (χ3v) is 2.92. The first kappa shape index (κ1) is 9.14. The second-order valence-electron chi connectivity index (χ2n) is 3.80. The van der Waals surface area contributed by atoms with E-state index in [4.69, 9.17) is 5.26 Å². The highest BCUT2D eigenvalue weighted by Gasteiger charge is 2.27. The molecule has 0 radical (unpaired) electrons. The van der Waals surface area contributed by atoms with Gasteiger partial charge in [-0.15, -0.1) is 0 Å². The van der Waals surface area contributed by atoms with E-state index in [1.165, 1.54) is 12.8 Å². The lowest BCUT2D eigenvalue weighted by Gasteiger charge is -2.14. The maximum Gasteiger partial charge on any atom is 0.0931 e. The molecule has 2 rings (SSSR count). The van der Waals surface area contributed by atoms with Crippen molar-refractivity contribution in [1.82, 2.24) is 10.2 Å². The second kappa shape index (κ2) is 4.19. The van der Waals surface area contributed by atoms with Crippen LogP contribution in [0.2, 0.25) is 0 Å². The molecule has 3 heteroatoms. The van der Waals surface area contributed by atoms with Gasteiger partial charge in [-0.05, 0) is 30.9 Å². The molecule has 0 saturated heterocycles. The summed E-state index contributed by atoms with van der Waals surface area (Å²) < 4.78 is 0. The molecule has 1 fully saturated rings. The summed E-state index contributed by atoms with van der Waals surface area (Å²) in [5, 5.41) is 17.0. The van der Waals surface area contributed by atoms with E-state index >= 15 is 0 Å². The van der Waals surface area contributed by atoms with Crippen molar-refractivity contribution >= 4 is 0 Å². The molecule has 3 nitrogen and oxygen atoms in total. The van der Waals surface area contributed by atoms with E-state index in [-0.39, 0.29) is 5.92 Å². The topological polar surface area (TPSA) is 49.6 Å². The van der Waals surface area contributed by atoms with Crippen molar-refractivity contribution < 1.29 is 0 Å². The summed E-state index contributed by atoms with van der Waals surface area (Å²) in [6.07, 6.45) is 6.47. The Bertz CT molecular complexity index is 322. The Kier molecular flexibility index (Phi) is 2.73. The molecule has 0 aromatic carbocycles. The zero-order valence-electron chi connectivity index (χ0n) is 8.06. The second-order valence-corrected chi connectivity index (χ2v) is 3.80. The predicted molar refractivity (Wildman–Crippen MR) is 52.3 cm³/mol. The zero-order chi connectivity index (χ0) is 9.80. The van der Waals surface area contributed by atoms with Crippen molar-refractivity contribution in [2.75, 3.05) is 0 Å². The highest BCUT2D eigenvalue weighted by atomic mass is 15.1. The molecule has 72 valence electrons. The van der Waals surface area contributed by atoms with Gasteiger partial charge in [-0.1, -0.05) is 12.8 Å². The van der Waals surface area contributed by atoms with Crippen LogP contribution in [0.3, 0.4) is 0 Å². The summed E-state index contributed by atoms with van der Waals surface area (Å²) in [5.41, 5.74) is 0.835. The minimum Gasteiger partial charge on any atom is -0.198 e. The van der Waals surface area contributed by atoms with Gasteiger partial charge in [-0.25, -0.2) is 0 Å². The molecule has 0 bridgehead atoms. The number of nitriles is 1. The fraction of sp³-hybridized carbons (Fsp3) is 0.545. The van der Waals surface area contributed by atoms with Gasteiger partial charge in [0.2, 0.25) is 0 Å². The number of rotatable bonds is 2. The van der Waals surface area contributed by atoms with Crippen molar-refractivity contribution in [3.05, 3.63) is 24.0 Å². The Morgan fingerprint density at radius 2 is 2.21 bits per heavy atom. The van der Waals surface area contributed by atoms with Gasteiger partial charge < -0.3 is 0 Å². The average molecular weight is 187 g/mol. The molecule has 0 spiro atoms. The highest BCUT2D eigenvalue weighted by Crippen LogP contribution is 2.35. The summed E-state index contributed by atoms with van der Waals surface area (Å²) in [4.78, 5) is 0. The molecule has 1 aromatic rings. The molecule has 0 N–H and O–H groups in total. The molecular formula is C11H13N3. The van der Waals surface area contributed by atoms with Crippen LogP contribution in [0.25, 0.3) is 0 Å². The van der Waals surface area contributed by atoms with Crippen molar-refractivity contribution in [1.29, 1.82) is 5.26 Å². The monoisotopic (exact) mass is 187 g/mol. The van der Waals surface area contributed by atoms with Gasteiger partial charge in [0.1, 0.15) is 0 Å². The third-order valence-electron chi connectivity index (χ3n) is 2.92. The van der Waals surface area contributed by atoms with Gasteiger partial charge in [-0.2, -0.15) is 15.5 Å². The largest absolute Gasteiger partial charge is 0.198 e. The molecule has 0 aliphatic heterocycles. The van der Waals surface area contributed by atoms with Crippen molar-refractivity contribution in [2.45, 2.75) is 31.6 Å². The Hall–Kier alpha value is -1.43. The van der Waals surface area contributed by atoms with Crippen molar-refractivity contribution in [3.63, 3.8) is 0 Å². The van der Waals surface area contributed by atoms with Gasteiger partial charge in [-0.3, -0.25) is 0 Å². The highest BCUT2D eigenvalue weighted by molar-refractivity contribution is 5.16. The van der Waals surface area contributed by atoms with E-state index in [9.17, 15) is 0 Å². The fourth-order valence-corrected chi connectivity index (χ4v) is 2.18. The minimum atomic E-state index is -0.0498. The lowest BCUT2D eigenvalue weighted by molar-refractivity contribution is 0.490. The zero-order valence-corrected chi connectivity index (χ0v) is 8.06. The first-order valence-electron chi connectivity index (χ1n) is 5.09. The van der Waals surface area contributed by atoms with Gasteiger partial charge in [0.15, 0.2) is 0 Å². The molecular weight excluding hydrogens is 174 g/mol. The minimum absolute atomic E-state index is 0.0498. The summed E-state index contributed by atoms with van der Waals surface area (Å²) >= 11 is 0. The fourth-order valence-electron chi connectivity index (χ4n) is 2.18. The summed E-state index contributed by atoms with van der Waals surface area (Å²) in [7, 11) is 0. The van der Waals surface area contributed by atoms with E-state index < -0.39 is 0 Å². The van der Waals surface area contributed by atoms with Crippen LogP contribution in [0.1, 0.15) is 37.3 Å². The van der Waals surface area contributed by atoms with Crippen molar-refractivity contribution in [2.24, 2.45) is 5.92 Å². The van der Waals surface area contributed by atoms with E-state index in [1.54, 1.807) is 6.20 Å². The smallest absolute Gasteiger partial charge is 0.0931 e. The van der Waals surface area contributed by atoms with E-state index in [1.807, 2.05) is 12.1 Å². The van der Waals surface area contributed by atoms with Crippen LogP contribution in [0.4, 0.5) is 0 Å². The van der Waals surface area contributed by atoms with Gasteiger partial charge in [0.05, 0.1) is 17.7 Å². The van der Waals surface area contributed by atoms with Gasteiger partial charge >= 0.3 is 0 Å². The lowest BCUT2D eigenvalue weighted by Crippen LogP contribution is -2.09. The SMILES string of the molecule is N#CC(c1cccnn1)C1CCCC1. The molecule has 1 unspecified atom stereocenters. The first-order valence-corrected chi connectivity index (χ1v) is 5.09. The Labute approximate surface area is 83.8 Å². The molecule has 0 amide bonds. The summed E-state index contributed by atoms with van der Waals surface area (Å²) in [6.45, 7) is 0. The number of aromatic nitrogens is 2. The standard InChI is InChI=1S/C11H13N3/c12-8-10(9-4-1-2-5-9)11-6-3-7-13-14-11/h3,6-7,9-10H,1-2,4-5H2. The van der Waals surface area contributed by atoms with Crippen LogP contribution in [0, 0.1) is 17.2 Å². The lowest BCUT2D eigenvalue weighted by atomic mass is 9.89. The quantitative estimate of drug-likeness (QED) is 0.713. The summed E-state index contributed by atoms with van der Waals surface area (Å²) in [6, 6.07) is 6.11. The summed E-state index contributed by atoms with van der Waals surface area (Å²) in [5.74, 6) is 0.447. The van der Waals surface area contributed by atoms with Crippen LogP contribution in [0.15, 0.2) is 18.3 Å². The first-order chi connectivity index (χ1) is 6.92. The molecule has 1 saturated carbocycles. The molecule has 14 heavy (non-hydrogen) atoms. The van der Waals surface area contributed by atoms with Gasteiger partial charge in [0, 0.05) is 6.20 Å². The Balaban J connectivity index is 2.18. The molecule has 1 aromatic heterocycles. The third kappa shape index (κ3) is 1.74. The van der Waals surface area contributed by atoms with E-state index in [0.29, 0.717) is 5.92 Å². The van der Waals surface area contributed by atoms with Crippen LogP contribution in [0.5, 0.6) is 0 Å². The molecule has 1 aliphatic rings. The van der Waals surface area contributed by atoms with E-state index in [0.717, 1.165) is 18.5 Å². The molecule has 1 aliphatic carbocycles. The van der Waals surface area contributed by atoms with Crippen molar-refractivity contribution in [3.8, 4) is 6.07 Å². The predicted octanol–water partition coefficient (Wildman–Crippen LogP) is 2.27. The van der Waals surface area contributed by atoms with Crippen LogP contribution < -0.4 is 0 Å². The number of hydrogen-bond donors (Lipinski definition) is 0. The average Bonchev–Trinajstić information content (AvgIpc) is 2.74. The Morgan fingerprint density at radius 3 is 2.79 bits per heavy atom. The van der Waals surface area contributed by atoms with Gasteiger partial charge in [0.25, 0.3) is 0 Å².